The van der Waals surface area contributed by atoms with Crippen molar-refractivity contribution in [2.24, 2.45) is 5.41 Å². The van der Waals surface area contributed by atoms with Gasteiger partial charge < -0.3 is 21.1 Å². The number of nitrogens with two attached hydrogens (primary N) is 1. The first-order valence-electron chi connectivity index (χ1n) is 6.09. The van der Waals surface area contributed by atoms with Gasteiger partial charge in [-0.1, -0.05) is 13.8 Å². The normalized spacial score (nSPS) is 11.6. The van der Waals surface area contributed by atoms with Crippen LogP contribution in [0.25, 0.3) is 0 Å². The van der Waals surface area contributed by atoms with Crippen molar-refractivity contribution in [3.05, 3.63) is 17.8 Å². The van der Waals surface area contributed by atoms with Crippen LogP contribution in [-0.4, -0.2) is 48.1 Å². The molecule has 0 amide bonds. The SMILES string of the molecule is CN(C)CC(C)(C)CNc1cc(C(=O)O)c(N)cn1. The first-order valence-corrected chi connectivity index (χ1v) is 6.09. The molecule has 6 nitrogen and oxygen atoms in total. The van der Waals surface area contributed by atoms with Crippen LogP contribution >= 0.6 is 0 Å². The summed E-state index contributed by atoms with van der Waals surface area (Å²) in [5, 5.41) is 12.2. The van der Waals surface area contributed by atoms with Crippen LogP contribution in [0, 0.1) is 5.41 Å². The minimum atomic E-state index is -1.05. The lowest BCUT2D eigenvalue weighted by atomic mass is 9.93. The maximum Gasteiger partial charge on any atom is 0.337 e. The Kier molecular flexibility index (Phi) is 4.72. The molecule has 1 aromatic rings. The molecule has 0 atom stereocenters. The van der Waals surface area contributed by atoms with Crippen LogP contribution in [0.15, 0.2) is 12.3 Å². The second-order valence-electron chi connectivity index (χ2n) is 5.72. The van der Waals surface area contributed by atoms with E-state index in [0.29, 0.717) is 12.4 Å². The quantitative estimate of drug-likeness (QED) is 0.720. The van der Waals surface area contributed by atoms with Gasteiger partial charge in [0.15, 0.2) is 0 Å². The van der Waals surface area contributed by atoms with Crippen LogP contribution < -0.4 is 11.1 Å². The molecule has 0 spiro atoms. The third kappa shape index (κ3) is 4.75. The molecule has 0 saturated carbocycles. The van der Waals surface area contributed by atoms with Gasteiger partial charge in [-0.25, -0.2) is 9.78 Å². The van der Waals surface area contributed by atoms with E-state index in [2.05, 4.69) is 29.0 Å². The van der Waals surface area contributed by atoms with Gasteiger partial charge in [-0.15, -0.1) is 0 Å². The van der Waals surface area contributed by atoms with E-state index in [9.17, 15) is 4.79 Å². The number of rotatable bonds is 6. The van der Waals surface area contributed by atoms with E-state index in [1.54, 1.807) is 0 Å². The molecule has 4 N–H and O–H groups in total. The number of carboxylic acids is 1. The lowest BCUT2D eigenvalue weighted by Gasteiger charge is -2.28. The molecule has 0 radical (unpaired) electrons. The van der Waals surface area contributed by atoms with Gasteiger partial charge >= 0.3 is 5.97 Å². The van der Waals surface area contributed by atoms with Crippen LogP contribution in [0.3, 0.4) is 0 Å². The highest BCUT2D eigenvalue weighted by atomic mass is 16.4. The number of aromatic carboxylic acids is 1. The molecule has 0 aliphatic heterocycles. The lowest BCUT2D eigenvalue weighted by Crippen LogP contribution is -2.34. The Labute approximate surface area is 113 Å². The third-order valence-electron chi connectivity index (χ3n) is 2.66. The maximum atomic E-state index is 11.0. The Balaban J connectivity index is 2.73. The van der Waals surface area contributed by atoms with Crippen molar-refractivity contribution in [1.29, 1.82) is 0 Å². The second kappa shape index (κ2) is 5.88. The second-order valence-corrected chi connectivity index (χ2v) is 5.72. The zero-order valence-electron chi connectivity index (χ0n) is 11.9. The highest BCUT2D eigenvalue weighted by Gasteiger charge is 2.19. The summed E-state index contributed by atoms with van der Waals surface area (Å²) in [4.78, 5) is 17.2. The Morgan fingerprint density at radius 3 is 2.68 bits per heavy atom. The van der Waals surface area contributed by atoms with Crippen molar-refractivity contribution in [3.63, 3.8) is 0 Å². The zero-order valence-corrected chi connectivity index (χ0v) is 11.9. The molecule has 0 bridgehead atoms. The smallest absolute Gasteiger partial charge is 0.337 e. The highest BCUT2D eigenvalue weighted by Crippen LogP contribution is 2.19. The third-order valence-corrected chi connectivity index (χ3v) is 2.66. The summed E-state index contributed by atoms with van der Waals surface area (Å²) in [7, 11) is 4.04. The summed E-state index contributed by atoms with van der Waals surface area (Å²) in [5.74, 6) is -0.520. The molecule has 0 fully saturated rings. The molecule has 6 heteroatoms. The number of nitrogens with one attached hydrogen (secondary N) is 1. The fraction of sp³-hybridized carbons (Fsp3) is 0.538. The number of nitrogens with zero attached hydrogens (tertiary/aromatic N) is 2. The van der Waals surface area contributed by atoms with E-state index in [1.807, 2.05) is 14.1 Å². The Bertz CT molecular complexity index is 458. The highest BCUT2D eigenvalue weighted by molar-refractivity contribution is 5.94. The molecule has 1 aromatic heterocycles. The first kappa shape index (κ1) is 15.2. The van der Waals surface area contributed by atoms with E-state index in [-0.39, 0.29) is 16.7 Å². The summed E-state index contributed by atoms with van der Waals surface area (Å²) in [6, 6.07) is 1.46. The Morgan fingerprint density at radius 2 is 2.16 bits per heavy atom. The number of carboxylic acid groups (broad SMARTS) is 1. The van der Waals surface area contributed by atoms with Crippen LogP contribution in [0.5, 0.6) is 0 Å². The van der Waals surface area contributed by atoms with Gasteiger partial charge in [0.25, 0.3) is 0 Å². The maximum absolute atomic E-state index is 11.0. The number of hydrogen-bond acceptors (Lipinski definition) is 5. The molecule has 1 heterocycles. The summed E-state index contributed by atoms with van der Waals surface area (Å²) in [5.41, 5.74) is 5.86. The standard InChI is InChI=1S/C13H22N4O2/c1-13(2,8-17(3)4)7-16-11-5-9(12(18)19)10(14)6-15-11/h5-6H,7-8,14H2,1-4H3,(H,15,16)(H,18,19). The number of nitrogen functional groups attached to an aromatic ring is 1. The van der Waals surface area contributed by atoms with Crippen molar-refractivity contribution < 1.29 is 9.90 Å². The largest absolute Gasteiger partial charge is 0.478 e. The molecule has 106 valence electrons. The van der Waals surface area contributed by atoms with Gasteiger partial charge in [0.1, 0.15) is 5.82 Å². The number of aromatic nitrogens is 1. The van der Waals surface area contributed by atoms with E-state index >= 15 is 0 Å². The fourth-order valence-corrected chi connectivity index (χ4v) is 1.99. The summed E-state index contributed by atoms with van der Waals surface area (Å²) >= 11 is 0. The van der Waals surface area contributed by atoms with E-state index in [0.717, 1.165) is 6.54 Å². The molecule has 0 aliphatic rings. The Morgan fingerprint density at radius 1 is 1.53 bits per heavy atom. The van der Waals surface area contributed by atoms with Crippen molar-refractivity contribution >= 4 is 17.5 Å². The summed E-state index contributed by atoms with van der Waals surface area (Å²) in [6.07, 6.45) is 1.37. The van der Waals surface area contributed by atoms with Crippen LogP contribution in [0.1, 0.15) is 24.2 Å². The van der Waals surface area contributed by atoms with Crippen molar-refractivity contribution in [1.82, 2.24) is 9.88 Å². The zero-order chi connectivity index (χ0) is 14.6. The number of pyridine rings is 1. The summed E-state index contributed by atoms with van der Waals surface area (Å²) in [6.45, 7) is 5.88. The van der Waals surface area contributed by atoms with Gasteiger partial charge in [-0.05, 0) is 25.6 Å². The average Bonchev–Trinajstić information content (AvgIpc) is 2.26. The van der Waals surface area contributed by atoms with Crippen molar-refractivity contribution in [2.45, 2.75) is 13.8 Å². The first-order chi connectivity index (χ1) is 8.71. The molecule has 19 heavy (non-hydrogen) atoms. The van der Waals surface area contributed by atoms with E-state index < -0.39 is 5.97 Å². The number of hydrogen-bond donors (Lipinski definition) is 3. The topological polar surface area (TPSA) is 91.5 Å². The molecular weight excluding hydrogens is 244 g/mol. The molecule has 0 unspecified atom stereocenters. The van der Waals surface area contributed by atoms with Gasteiger partial charge in [-0.2, -0.15) is 0 Å². The van der Waals surface area contributed by atoms with E-state index in [4.69, 9.17) is 10.8 Å². The predicted octanol–water partition coefficient (Wildman–Crippen LogP) is 1.36. The van der Waals surface area contributed by atoms with Crippen molar-refractivity contribution in [2.75, 3.05) is 38.2 Å². The van der Waals surface area contributed by atoms with Crippen LogP contribution in [0.2, 0.25) is 0 Å². The average molecular weight is 266 g/mol. The molecular formula is C13H22N4O2. The lowest BCUT2D eigenvalue weighted by molar-refractivity contribution is 0.0698. The van der Waals surface area contributed by atoms with Gasteiger partial charge in [0.2, 0.25) is 0 Å². The predicted molar refractivity (Wildman–Crippen MR) is 76.4 cm³/mol. The van der Waals surface area contributed by atoms with E-state index in [1.165, 1.54) is 12.3 Å². The molecule has 0 aromatic carbocycles. The monoisotopic (exact) mass is 266 g/mol. The fourth-order valence-electron chi connectivity index (χ4n) is 1.99. The number of anilines is 2. The van der Waals surface area contributed by atoms with Gasteiger partial charge in [0.05, 0.1) is 17.4 Å². The minimum absolute atomic E-state index is 0.0515. The summed E-state index contributed by atoms with van der Waals surface area (Å²) < 4.78 is 0. The van der Waals surface area contributed by atoms with Gasteiger partial charge in [0, 0.05) is 13.1 Å². The molecule has 0 saturated heterocycles. The molecule has 1 rings (SSSR count). The van der Waals surface area contributed by atoms with Crippen LogP contribution in [0.4, 0.5) is 11.5 Å². The minimum Gasteiger partial charge on any atom is -0.478 e. The number of carbonyl (C=O) groups is 1. The van der Waals surface area contributed by atoms with Crippen LogP contribution in [-0.2, 0) is 0 Å². The van der Waals surface area contributed by atoms with Crippen molar-refractivity contribution in [3.8, 4) is 0 Å². The molecule has 0 aliphatic carbocycles. The van der Waals surface area contributed by atoms with Gasteiger partial charge in [-0.3, -0.25) is 0 Å². The Hall–Kier alpha value is -1.82.